The van der Waals surface area contributed by atoms with Gasteiger partial charge in [0.25, 0.3) is 0 Å². The van der Waals surface area contributed by atoms with Crippen molar-refractivity contribution in [2.24, 2.45) is 17.3 Å². The molecule has 4 rings (SSSR count). The molecule has 0 aromatic heterocycles. The zero-order valence-electron chi connectivity index (χ0n) is 16.8. The molecule has 3 aliphatic carbocycles. The third-order valence-corrected chi connectivity index (χ3v) is 7.62. The van der Waals surface area contributed by atoms with Crippen molar-refractivity contribution in [1.29, 1.82) is 0 Å². The number of fused-ring (bicyclic) bond motifs is 5. The van der Waals surface area contributed by atoms with E-state index in [0.717, 1.165) is 37.5 Å². The largest absolute Gasteiger partial charge is 0.376 e. The van der Waals surface area contributed by atoms with Gasteiger partial charge in [-0.25, -0.2) is 0 Å². The monoisotopic (exact) mass is 353 g/mol. The number of nitrogens with zero attached hydrogens (tertiary/aromatic N) is 1. The lowest BCUT2D eigenvalue weighted by molar-refractivity contribution is 0.0802. The summed E-state index contributed by atoms with van der Waals surface area (Å²) in [6, 6.07) is 9.25. The Balaban J connectivity index is 1.45. The fourth-order valence-corrected chi connectivity index (χ4v) is 6.20. The van der Waals surface area contributed by atoms with Gasteiger partial charge in [0.05, 0.1) is 13.2 Å². The summed E-state index contributed by atoms with van der Waals surface area (Å²) < 4.78 is 5.87. The Morgan fingerprint density at radius 2 is 2.00 bits per heavy atom. The second kappa shape index (κ2) is 7.48. The van der Waals surface area contributed by atoms with E-state index in [9.17, 15) is 0 Å². The molecule has 0 bridgehead atoms. The molecule has 4 atom stereocenters. The predicted octanol–water partition coefficient (Wildman–Crippen LogP) is 5.05. The van der Waals surface area contributed by atoms with Crippen molar-refractivity contribution < 1.29 is 4.74 Å². The number of ether oxygens (including phenoxy) is 1. The van der Waals surface area contributed by atoms with Crippen LogP contribution >= 0.6 is 0 Å². The number of rotatable bonds is 5. The van der Waals surface area contributed by atoms with Crippen LogP contribution in [-0.2, 0) is 11.2 Å². The molecular formula is C24H35NO. The molecule has 4 unspecified atom stereocenters. The lowest BCUT2D eigenvalue weighted by Gasteiger charge is -2.49. The molecule has 0 radical (unpaired) electrons. The highest BCUT2D eigenvalue weighted by Crippen LogP contribution is 2.62. The van der Waals surface area contributed by atoms with Crippen molar-refractivity contribution in [2.45, 2.75) is 51.4 Å². The van der Waals surface area contributed by atoms with Crippen molar-refractivity contribution in [3.63, 3.8) is 0 Å². The van der Waals surface area contributed by atoms with Crippen molar-refractivity contribution in [3.05, 3.63) is 47.0 Å². The normalized spacial score (nSPS) is 34.6. The van der Waals surface area contributed by atoms with E-state index in [1.807, 2.05) is 0 Å². The third-order valence-electron chi connectivity index (χ3n) is 7.62. The van der Waals surface area contributed by atoms with Crippen LogP contribution in [0.3, 0.4) is 0 Å². The molecule has 2 nitrogen and oxygen atoms in total. The summed E-state index contributed by atoms with van der Waals surface area (Å²) in [4.78, 5) is 2.18. The highest BCUT2D eigenvalue weighted by molar-refractivity contribution is 5.36. The van der Waals surface area contributed by atoms with Crippen LogP contribution < -0.4 is 0 Å². The van der Waals surface area contributed by atoms with Crippen LogP contribution in [0.25, 0.3) is 0 Å². The van der Waals surface area contributed by atoms with Gasteiger partial charge in [0.2, 0.25) is 0 Å². The molecule has 1 aromatic carbocycles. The summed E-state index contributed by atoms with van der Waals surface area (Å²) >= 11 is 0. The number of hydrogen-bond acceptors (Lipinski definition) is 2. The van der Waals surface area contributed by atoms with Gasteiger partial charge in [-0.15, -0.1) is 0 Å². The SMILES string of the molecule is CN(C)CCOC/C=C1\CCC2C3CCc4ccccc4C3CCC12C. The number of aryl methyl sites for hydroxylation is 1. The lowest BCUT2D eigenvalue weighted by Crippen LogP contribution is -2.40. The molecule has 0 amide bonds. The minimum atomic E-state index is 0.429. The smallest absolute Gasteiger partial charge is 0.0650 e. The van der Waals surface area contributed by atoms with Crippen molar-refractivity contribution in [3.8, 4) is 0 Å². The first kappa shape index (κ1) is 18.3. The Bertz CT molecular complexity index is 664. The first-order valence-corrected chi connectivity index (χ1v) is 10.6. The van der Waals surface area contributed by atoms with Gasteiger partial charge in [-0.2, -0.15) is 0 Å². The molecule has 3 aliphatic rings. The Labute approximate surface area is 159 Å². The second-order valence-corrected chi connectivity index (χ2v) is 9.22. The van der Waals surface area contributed by atoms with Gasteiger partial charge in [-0.1, -0.05) is 42.8 Å². The maximum atomic E-state index is 5.87. The van der Waals surface area contributed by atoms with E-state index in [-0.39, 0.29) is 0 Å². The van der Waals surface area contributed by atoms with Crippen molar-refractivity contribution in [1.82, 2.24) is 4.90 Å². The van der Waals surface area contributed by atoms with Gasteiger partial charge >= 0.3 is 0 Å². The third kappa shape index (κ3) is 3.27. The van der Waals surface area contributed by atoms with Crippen molar-refractivity contribution in [2.75, 3.05) is 33.9 Å². The van der Waals surface area contributed by atoms with E-state index in [4.69, 9.17) is 4.74 Å². The Kier molecular flexibility index (Phi) is 5.25. The predicted molar refractivity (Wildman–Crippen MR) is 109 cm³/mol. The molecule has 0 N–H and O–H groups in total. The van der Waals surface area contributed by atoms with Crippen LogP contribution in [0.4, 0.5) is 0 Å². The lowest BCUT2D eigenvalue weighted by atomic mass is 9.55. The molecule has 0 spiro atoms. The van der Waals surface area contributed by atoms with Crippen LogP contribution in [0.1, 0.15) is 56.1 Å². The molecule has 2 heteroatoms. The summed E-state index contributed by atoms with van der Waals surface area (Å²) in [5.74, 6) is 2.58. The number of hydrogen-bond donors (Lipinski definition) is 0. The zero-order valence-corrected chi connectivity index (χ0v) is 16.8. The van der Waals surface area contributed by atoms with Crippen LogP contribution in [0.15, 0.2) is 35.9 Å². The summed E-state index contributed by atoms with van der Waals surface area (Å²) in [5.41, 5.74) is 5.43. The van der Waals surface area contributed by atoms with Gasteiger partial charge in [0.1, 0.15) is 0 Å². The van der Waals surface area contributed by atoms with E-state index in [2.05, 4.69) is 56.3 Å². The number of likely N-dealkylation sites (N-methyl/N-ethyl adjacent to an activating group) is 1. The standard InChI is InChI=1S/C24H35NO/c1-24-14-12-21-20-7-5-4-6-18(20)8-10-22(21)23(24)11-9-19(24)13-16-26-17-15-25(2)3/h4-7,13,21-23H,8-12,14-17H2,1-3H3/b19-13+. The quantitative estimate of drug-likeness (QED) is 0.543. The summed E-state index contributed by atoms with van der Waals surface area (Å²) in [7, 11) is 4.20. The topological polar surface area (TPSA) is 12.5 Å². The highest BCUT2D eigenvalue weighted by atomic mass is 16.5. The highest BCUT2D eigenvalue weighted by Gasteiger charge is 2.52. The van der Waals surface area contributed by atoms with Gasteiger partial charge in [-0.05, 0) is 86.9 Å². The van der Waals surface area contributed by atoms with E-state index >= 15 is 0 Å². The van der Waals surface area contributed by atoms with Gasteiger partial charge in [0, 0.05) is 6.54 Å². The molecule has 142 valence electrons. The van der Waals surface area contributed by atoms with Gasteiger partial charge in [0.15, 0.2) is 0 Å². The molecule has 1 aromatic rings. The van der Waals surface area contributed by atoms with Crippen LogP contribution in [0.5, 0.6) is 0 Å². The molecule has 2 fully saturated rings. The number of benzene rings is 1. The Morgan fingerprint density at radius 1 is 1.15 bits per heavy atom. The molecule has 2 saturated carbocycles. The summed E-state index contributed by atoms with van der Waals surface area (Å²) in [6.07, 6.45) is 10.5. The number of allylic oxidation sites excluding steroid dienone is 1. The minimum absolute atomic E-state index is 0.429. The minimum Gasteiger partial charge on any atom is -0.376 e. The van der Waals surface area contributed by atoms with Gasteiger partial charge < -0.3 is 9.64 Å². The second-order valence-electron chi connectivity index (χ2n) is 9.22. The Hall–Kier alpha value is -1.12. The maximum Gasteiger partial charge on any atom is 0.0650 e. The van der Waals surface area contributed by atoms with E-state index in [1.165, 1.54) is 38.5 Å². The molecule has 0 saturated heterocycles. The van der Waals surface area contributed by atoms with E-state index in [1.54, 1.807) is 16.7 Å². The van der Waals surface area contributed by atoms with Gasteiger partial charge in [-0.3, -0.25) is 0 Å². The van der Waals surface area contributed by atoms with Crippen LogP contribution in [0.2, 0.25) is 0 Å². The first-order chi connectivity index (χ1) is 12.6. The summed E-state index contributed by atoms with van der Waals surface area (Å²) in [5, 5.41) is 0. The van der Waals surface area contributed by atoms with E-state index in [0.29, 0.717) is 5.41 Å². The average molecular weight is 354 g/mol. The van der Waals surface area contributed by atoms with Crippen molar-refractivity contribution >= 4 is 0 Å². The fraction of sp³-hybridized carbons (Fsp3) is 0.667. The molecule has 0 heterocycles. The van der Waals surface area contributed by atoms with Crippen LogP contribution in [0, 0.1) is 17.3 Å². The van der Waals surface area contributed by atoms with E-state index < -0.39 is 0 Å². The zero-order chi connectivity index (χ0) is 18.1. The average Bonchev–Trinajstić information content (AvgIpc) is 2.97. The first-order valence-electron chi connectivity index (χ1n) is 10.6. The molecular weight excluding hydrogens is 318 g/mol. The fourth-order valence-electron chi connectivity index (χ4n) is 6.20. The summed E-state index contributed by atoms with van der Waals surface area (Å²) in [6.45, 7) is 5.19. The molecule has 0 aliphatic heterocycles. The Morgan fingerprint density at radius 3 is 2.85 bits per heavy atom. The molecule has 26 heavy (non-hydrogen) atoms. The maximum absolute atomic E-state index is 5.87. The van der Waals surface area contributed by atoms with Crippen LogP contribution in [-0.4, -0.2) is 38.8 Å².